The van der Waals surface area contributed by atoms with E-state index in [-0.39, 0.29) is 0 Å². The van der Waals surface area contributed by atoms with Crippen LogP contribution in [0, 0.1) is 24.7 Å². The number of hydrogen-bond acceptors (Lipinski definition) is 5. The minimum Gasteiger partial charge on any atom is -0.383 e. The summed E-state index contributed by atoms with van der Waals surface area (Å²) in [7, 11) is 2.24. The number of nitrogens with two attached hydrogens (primary N) is 1. The van der Waals surface area contributed by atoms with Crippen LogP contribution < -0.4 is 5.73 Å². The Kier molecular flexibility index (Phi) is 5.10. The summed E-state index contributed by atoms with van der Waals surface area (Å²) in [6.07, 6.45) is 7.90. The molecule has 3 heterocycles. The third-order valence-electron chi connectivity index (χ3n) is 7.56. The van der Waals surface area contributed by atoms with Gasteiger partial charge in [0.25, 0.3) is 0 Å². The molecule has 2 N–H and O–H groups in total. The molecule has 0 bridgehead atoms. The van der Waals surface area contributed by atoms with E-state index in [9.17, 15) is 0 Å². The van der Waals surface area contributed by atoms with E-state index < -0.39 is 0 Å². The first-order valence-electron chi connectivity index (χ1n) is 11.6. The molecule has 6 nitrogen and oxygen atoms in total. The molecule has 0 aromatic carbocycles. The van der Waals surface area contributed by atoms with Gasteiger partial charge in [-0.15, -0.1) is 0 Å². The fraction of sp³-hybridized carbons (Fsp3) is 0.667. The molecule has 2 saturated carbocycles. The summed E-state index contributed by atoms with van der Waals surface area (Å²) in [5, 5.41) is 0. The lowest BCUT2D eigenvalue weighted by atomic mass is 10.1. The first-order chi connectivity index (χ1) is 14.4. The van der Waals surface area contributed by atoms with Crippen LogP contribution in [0.3, 0.4) is 0 Å². The van der Waals surface area contributed by atoms with E-state index in [1.807, 2.05) is 13.1 Å². The summed E-state index contributed by atoms with van der Waals surface area (Å²) in [4.78, 5) is 14.6. The van der Waals surface area contributed by atoms with Crippen molar-refractivity contribution in [2.75, 3.05) is 39.0 Å². The Labute approximate surface area is 180 Å². The zero-order chi connectivity index (χ0) is 21.0. The molecule has 0 radical (unpaired) electrons. The quantitative estimate of drug-likeness (QED) is 0.823. The zero-order valence-electron chi connectivity index (χ0n) is 18.9. The van der Waals surface area contributed by atoms with E-state index in [4.69, 9.17) is 10.7 Å². The van der Waals surface area contributed by atoms with Gasteiger partial charge >= 0.3 is 0 Å². The van der Waals surface area contributed by atoms with Gasteiger partial charge in [0, 0.05) is 62.6 Å². The highest BCUT2D eigenvalue weighted by molar-refractivity contribution is 5.61. The van der Waals surface area contributed by atoms with E-state index in [1.165, 1.54) is 44.8 Å². The number of likely N-dealkylation sites (N-methyl/N-ethyl adjacent to an activating group) is 1. The van der Waals surface area contributed by atoms with Crippen molar-refractivity contribution in [3.05, 3.63) is 29.8 Å². The Morgan fingerprint density at radius 1 is 1.13 bits per heavy atom. The Balaban J connectivity index is 1.34. The minimum absolute atomic E-state index is 0.599. The highest BCUT2D eigenvalue weighted by Gasteiger charge is 2.58. The highest BCUT2D eigenvalue weighted by Crippen LogP contribution is 2.62. The van der Waals surface area contributed by atoms with Crippen molar-refractivity contribution in [1.82, 2.24) is 24.3 Å². The third kappa shape index (κ3) is 3.65. The number of nitrogens with zero attached hydrogens (tertiary/aromatic N) is 5. The minimum atomic E-state index is 0.599. The lowest BCUT2D eigenvalue weighted by Gasteiger charge is -2.37. The second-order valence-electron chi connectivity index (χ2n) is 10.3. The Morgan fingerprint density at radius 2 is 1.83 bits per heavy atom. The molecule has 6 heteroatoms. The van der Waals surface area contributed by atoms with Crippen LogP contribution in [0.4, 0.5) is 5.82 Å². The van der Waals surface area contributed by atoms with Crippen molar-refractivity contribution in [3.63, 3.8) is 0 Å². The van der Waals surface area contributed by atoms with Crippen molar-refractivity contribution in [2.24, 2.45) is 17.8 Å². The number of imidazole rings is 1. The number of rotatable bonds is 5. The fourth-order valence-electron chi connectivity index (χ4n) is 5.75. The van der Waals surface area contributed by atoms with E-state index in [1.54, 1.807) is 0 Å². The van der Waals surface area contributed by atoms with Crippen LogP contribution in [0.2, 0.25) is 0 Å². The molecule has 1 saturated heterocycles. The number of fused-ring (bicyclic) bond motifs is 1. The topological polar surface area (TPSA) is 63.2 Å². The van der Waals surface area contributed by atoms with E-state index in [0.29, 0.717) is 17.8 Å². The largest absolute Gasteiger partial charge is 0.383 e. The predicted molar refractivity (Wildman–Crippen MR) is 121 cm³/mol. The molecule has 2 aliphatic carbocycles. The average Bonchev–Trinajstić information content (AvgIpc) is 3.04. The van der Waals surface area contributed by atoms with Gasteiger partial charge in [-0.3, -0.25) is 4.90 Å². The smallest absolute Gasteiger partial charge is 0.126 e. The van der Waals surface area contributed by atoms with Crippen LogP contribution in [0.5, 0.6) is 0 Å². The van der Waals surface area contributed by atoms with Gasteiger partial charge in [-0.2, -0.15) is 0 Å². The van der Waals surface area contributed by atoms with Gasteiger partial charge in [-0.05, 0) is 56.2 Å². The number of hydrogen-bond donors (Lipinski definition) is 1. The van der Waals surface area contributed by atoms with E-state index >= 15 is 0 Å². The molecule has 4 atom stereocenters. The van der Waals surface area contributed by atoms with Crippen LogP contribution in [-0.4, -0.2) is 63.6 Å². The standard InChI is InChI=1S/C24H36N6/c1-15(2)9-22-27-21(17-10-16(3)24(25)26-13-17)14-30(22)23-19-11-18(12-20(19)23)29-7-5-28(4)6-8-29/h10,13-15,18-20,23H,5-9,11-12H2,1-4H3,(H2,25,26)/t18?,19-,20+,23+. The molecule has 2 aromatic rings. The lowest BCUT2D eigenvalue weighted by molar-refractivity contribution is 0.105. The molecule has 3 fully saturated rings. The second kappa shape index (κ2) is 7.65. The maximum atomic E-state index is 5.93. The monoisotopic (exact) mass is 408 g/mol. The van der Waals surface area contributed by atoms with Gasteiger partial charge in [-0.25, -0.2) is 9.97 Å². The molecule has 0 spiro atoms. The van der Waals surface area contributed by atoms with Crippen molar-refractivity contribution in [3.8, 4) is 11.3 Å². The molecule has 30 heavy (non-hydrogen) atoms. The molecular weight excluding hydrogens is 372 g/mol. The van der Waals surface area contributed by atoms with Crippen molar-refractivity contribution >= 4 is 5.82 Å². The van der Waals surface area contributed by atoms with Crippen LogP contribution in [0.15, 0.2) is 18.5 Å². The second-order valence-corrected chi connectivity index (χ2v) is 10.3. The van der Waals surface area contributed by atoms with Crippen LogP contribution in [0.1, 0.15) is 44.1 Å². The van der Waals surface area contributed by atoms with Crippen molar-refractivity contribution in [1.29, 1.82) is 0 Å². The van der Waals surface area contributed by atoms with Gasteiger partial charge in [-0.1, -0.05) is 13.8 Å². The van der Waals surface area contributed by atoms with Gasteiger partial charge < -0.3 is 15.2 Å². The summed E-state index contributed by atoms with van der Waals surface area (Å²) < 4.78 is 2.52. The Bertz CT molecular complexity index is 898. The maximum Gasteiger partial charge on any atom is 0.126 e. The first kappa shape index (κ1) is 20.0. The van der Waals surface area contributed by atoms with Gasteiger partial charge in [0.2, 0.25) is 0 Å². The number of aromatic nitrogens is 3. The van der Waals surface area contributed by atoms with Crippen molar-refractivity contribution in [2.45, 2.75) is 52.1 Å². The van der Waals surface area contributed by atoms with Gasteiger partial charge in [0.1, 0.15) is 11.6 Å². The van der Waals surface area contributed by atoms with Crippen LogP contribution in [-0.2, 0) is 6.42 Å². The van der Waals surface area contributed by atoms with E-state index in [0.717, 1.165) is 41.1 Å². The molecule has 1 unspecified atom stereocenters. The predicted octanol–water partition coefficient (Wildman–Crippen LogP) is 3.23. The number of piperazine rings is 1. The number of aryl methyl sites for hydroxylation is 1. The normalized spacial score (nSPS) is 29.5. The maximum absolute atomic E-state index is 5.93. The summed E-state index contributed by atoms with van der Waals surface area (Å²) in [6.45, 7) is 11.5. The SMILES string of the molecule is Cc1cc(-c2cn([C@H]3[C@@H]4CC(N5CCN(C)CC5)C[C@@H]43)c(CC(C)C)n2)cnc1N. The zero-order valence-corrected chi connectivity index (χ0v) is 18.9. The number of anilines is 1. The molecule has 162 valence electrons. The molecular formula is C24H36N6. The first-order valence-corrected chi connectivity index (χ1v) is 11.6. The molecule has 0 amide bonds. The van der Waals surface area contributed by atoms with Gasteiger partial charge in [0.15, 0.2) is 0 Å². The molecule has 1 aliphatic heterocycles. The Morgan fingerprint density at radius 3 is 2.47 bits per heavy atom. The number of nitrogen functional groups attached to an aromatic ring is 1. The number of pyridine rings is 1. The molecule has 2 aromatic heterocycles. The van der Waals surface area contributed by atoms with Crippen LogP contribution >= 0.6 is 0 Å². The Hall–Kier alpha value is -1.92. The summed E-state index contributed by atoms with van der Waals surface area (Å²) in [6, 6.07) is 3.56. The summed E-state index contributed by atoms with van der Waals surface area (Å²) in [5.74, 6) is 4.10. The van der Waals surface area contributed by atoms with Gasteiger partial charge in [0.05, 0.1) is 5.69 Å². The van der Waals surface area contributed by atoms with Crippen LogP contribution in [0.25, 0.3) is 11.3 Å². The molecule has 3 aliphatic rings. The molecule has 5 rings (SSSR count). The average molecular weight is 409 g/mol. The highest BCUT2D eigenvalue weighted by atomic mass is 15.3. The fourth-order valence-corrected chi connectivity index (χ4v) is 5.75. The third-order valence-corrected chi connectivity index (χ3v) is 7.56. The van der Waals surface area contributed by atoms with E-state index in [2.05, 4.69) is 52.5 Å². The van der Waals surface area contributed by atoms with Crippen molar-refractivity contribution < 1.29 is 0 Å². The summed E-state index contributed by atoms with van der Waals surface area (Å²) in [5.41, 5.74) is 9.06. The summed E-state index contributed by atoms with van der Waals surface area (Å²) >= 11 is 0. The lowest BCUT2D eigenvalue weighted by Crippen LogP contribution is -2.48.